The van der Waals surface area contributed by atoms with Gasteiger partial charge in [-0.05, 0) is 25.1 Å². The van der Waals surface area contributed by atoms with E-state index in [9.17, 15) is 4.39 Å². The Morgan fingerprint density at radius 2 is 2.31 bits per heavy atom. The number of benzene rings is 1. The Balaban J connectivity index is 2.02. The Bertz CT molecular complexity index is 498. The Labute approximate surface area is 102 Å². The zero-order chi connectivity index (χ0) is 11.5. The van der Waals surface area contributed by atoms with Crippen LogP contribution in [0.5, 0.6) is 0 Å². The SMILES string of the molecule is Cc1ncc(CNc2ccc(F)c(Cl)c2)s1. The van der Waals surface area contributed by atoms with E-state index in [1.54, 1.807) is 23.5 Å². The third kappa shape index (κ3) is 2.71. The molecule has 0 radical (unpaired) electrons. The minimum absolute atomic E-state index is 0.130. The van der Waals surface area contributed by atoms with Crippen molar-refractivity contribution in [2.24, 2.45) is 0 Å². The Hall–Kier alpha value is -1.13. The van der Waals surface area contributed by atoms with Gasteiger partial charge in [0, 0.05) is 16.8 Å². The first kappa shape index (κ1) is 11.4. The fraction of sp³-hybridized carbons (Fsp3) is 0.182. The van der Waals surface area contributed by atoms with Gasteiger partial charge in [-0.25, -0.2) is 9.37 Å². The van der Waals surface area contributed by atoms with Gasteiger partial charge in [-0.15, -0.1) is 11.3 Å². The molecule has 1 aromatic carbocycles. The molecule has 0 amide bonds. The first-order chi connectivity index (χ1) is 7.65. The van der Waals surface area contributed by atoms with Crippen LogP contribution in [-0.4, -0.2) is 4.98 Å². The summed E-state index contributed by atoms with van der Waals surface area (Å²) in [5, 5.41) is 4.33. The van der Waals surface area contributed by atoms with Crippen molar-refractivity contribution in [2.45, 2.75) is 13.5 Å². The Morgan fingerprint density at radius 3 is 2.94 bits per heavy atom. The zero-order valence-electron chi connectivity index (χ0n) is 8.63. The summed E-state index contributed by atoms with van der Waals surface area (Å²) in [5.74, 6) is -0.402. The van der Waals surface area contributed by atoms with E-state index >= 15 is 0 Å². The van der Waals surface area contributed by atoms with Crippen molar-refractivity contribution in [3.8, 4) is 0 Å². The van der Waals surface area contributed by atoms with Crippen LogP contribution in [0, 0.1) is 12.7 Å². The fourth-order valence-corrected chi connectivity index (χ4v) is 2.20. The van der Waals surface area contributed by atoms with Crippen LogP contribution in [0.25, 0.3) is 0 Å². The summed E-state index contributed by atoms with van der Waals surface area (Å²) in [5.41, 5.74) is 0.803. The van der Waals surface area contributed by atoms with Crippen LogP contribution in [-0.2, 0) is 6.54 Å². The van der Waals surface area contributed by atoms with E-state index in [0.717, 1.165) is 15.6 Å². The van der Waals surface area contributed by atoms with Crippen molar-refractivity contribution < 1.29 is 4.39 Å². The molecule has 1 heterocycles. The van der Waals surface area contributed by atoms with Crippen LogP contribution in [0.4, 0.5) is 10.1 Å². The van der Waals surface area contributed by atoms with Gasteiger partial charge in [0.2, 0.25) is 0 Å². The molecule has 2 rings (SSSR count). The Kier molecular flexibility index (Phi) is 3.41. The van der Waals surface area contributed by atoms with Gasteiger partial charge in [0.25, 0.3) is 0 Å². The highest BCUT2D eigenvalue weighted by molar-refractivity contribution is 7.11. The van der Waals surface area contributed by atoms with Crippen LogP contribution in [0.1, 0.15) is 9.88 Å². The minimum atomic E-state index is -0.402. The van der Waals surface area contributed by atoms with E-state index in [2.05, 4.69) is 10.3 Å². The molecule has 2 nitrogen and oxygen atoms in total. The first-order valence-electron chi connectivity index (χ1n) is 4.75. The number of hydrogen-bond donors (Lipinski definition) is 1. The largest absolute Gasteiger partial charge is 0.380 e. The van der Waals surface area contributed by atoms with Gasteiger partial charge in [-0.2, -0.15) is 0 Å². The highest BCUT2D eigenvalue weighted by Gasteiger charge is 2.01. The quantitative estimate of drug-likeness (QED) is 0.902. The lowest BCUT2D eigenvalue weighted by molar-refractivity contribution is 0.628. The number of hydrogen-bond acceptors (Lipinski definition) is 3. The summed E-state index contributed by atoms with van der Waals surface area (Å²) in [4.78, 5) is 5.29. The molecule has 5 heteroatoms. The number of nitrogens with zero attached hydrogens (tertiary/aromatic N) is 1. The van der Waals surface area contributed by atoms with Crippen LogP contribution in [0.3, 0.4) is 0 Å². The van der Waals surface area contributed by atoms with Crippen LogP contribution in [0.15, 0.2) is 24.4 Å². The van der Waals surface area contributed by atoms with Gasteiger partial charge in [0.1, 0.15) is 5.82 Å². The number of nitrogens with one attached hydrogen (secondary N) is 1. The van der Waals surface area contributed by atoms with Crippen LogP contribution in [0.2, 0.25) is 5.02 Å². The fourth-order valence-electron chi connectivity index (χ4n) is 1.28. The lowest BCUT2D eigenvalue weighted by Crippen LogP contribution is -1.97. The molecule has 0 saturated heterocycles. The van der Waals surface area contributed by atoms with Crippen molar-refractivity contribution >= 4 is 28.6 Å². The molecule has 0 atom stereocenters. The number of aromatic nitrogens is 1. The molecule has 84 valence electrons. The summed E-state index contributed by atoms with van der Waals surface area (Å²) in [6, 6.07) is 4.59. The molecular weight excluding hydrogens is 247 g/mol. The second-order valence-electron chi connectivity index (χ2n) is 3.33. The maximum Gasteiger partial charge on any atom is 0.141 e. The summed E-state index contributed by atoms with van der Waals surface area (Å²) in [7, 11) is 0. The predicted molar refractivity (Wildman–Crippen MR) is 65.6 cm³/mol. The predicted octanol–water partition coefficient (Wildman–Crippen LogP) is 3.86. The van der Waals surface area contributed by atoms with Gasteiger partial charge in [0.05, 0.1) is 16.6 Å². The number of rotatable bonds is 3. The standard InChI is InChI=1S/C11H10ClFN2S/c1-7-14-5-9(16-7)6-15-8-2-3-11(13)10(12)4-8/h2-5,15H,6H2,1H3. The molecule has 16 heavy (non-hydrogen) atoms. The van der Waals surface area contributed by atoms with Gasteiger partial charge in [-0.3, -0.25) is 0 Å². The maximum atomic E-state index is 12.9. The summed E-state index contributed by atoms with van der Waals surface area (Å²) >= 11 is 7.31. The van der Waals surface area contributed by atoms with Crippen molar-refractivity contribution in [2.75, 3.05) is 5.32 Å². The molecule has 0 saturated carbocycles. The number of aryl methyl sites for hydroxylation is 1. The van der Waals surface area contributed by atoms with E-state index in [-0.39, 0.29) is 5.02 Å². The summed E-state index contributed by atoms with van der Waals surface area (Å²) in [6.07, 6.45) is 1.83. The normalized spacial score (nSPS) is 10.4. The molecule has 0 fully saturated rings. The van der Waals surface area contributed by atoms with E-state index in [1.165, 1.54) is 6.07 Å². The molecule has 0 bridgehead atoms. The van der Waals surface area contributed by atoms with E-state index in [4.69, 9.17) is 11.6 Å². The highest BCUT2D eigenvalue weighted by Crippen LogP contribution is 2.20. The van der Waals surface area contributed by atoms with Gasteiger partial charge >= 0.3 is 0 Å². The van der Waals surface area contributed by atoms with Gasteiger partial charge in [0.15, 0.2) is 0 Å². The van der Waals surface area contributed by atoms with Crippen molar-refractivity contribution in [3.05, 3.63) is 45.1 Å². The van der Waals surface area contributed by atoms with E-state index in [0.29, 0.717) is 6.54 Å². The molecule has 2 aromatic rings. The summed E-state index contributed by atoms with van der Waals surface area (Å²) in [6.45, 7) is 2.64. The monoisotopic (exact) mass is 256 g/mol. The number of anilines is 1. The van der Waals surface area contributed by atoms with Crippen LogP contribution >= 0.6 is 22.9 Å². The molecule has 1 aromatic heterocycles. The van der Waals surface area contributed by atoms with Gasteiger partial charge < -0.3 is 5.32 Å². The minimum Gasteiger partial charge on any atom is -0.380 e. The van der Waals surface area contributed by atoms with Crippen molar-refractivity contribution in [1.82, 2.24) is 4.98 Å². The average Bonchev–Trinajstić information content (AvgIpc) is 2.66. The molecule has 0 spiro atoms. The van der Waals surface area contributed by atoms with Crippen LogP contribution < -0.4 is 5.32 Å². The first-order valence-corrected chi connectivity index (χ1v) is 5.95. The second-order valence-corrected chi connectivity index (χ2v) is 5.05. The lowest BCUT2D eigenvalue weighted by atomic mass is 10.3. The number of halogens is 2. The molecule has 0 aliphatic heterocycles. The average molecular weight is 257 g/mol. The lowest BCUT2D eigenvalue weighted by Gasteiger charge is -2.04. The van der Waals surface area contributed by atoms with Gasteiger partial charge in [-0.1, -0.05) is 11.6 Å². The smallest absolute Gasteiger partial charge is 0.141 e. The summed E-state index contributed by atoms with van der Waals surface area (Å²) < 4.78 is 12.9. The second kappa shape index (κ2) is 4.80. The number of thiazole rings is 1. The maximum absolute atomic E-state index is 12.9. The zero-order valence-corrected chi connectivity index (χ0v) is 10.2. The molecular formula is C11H10ClFN2S. The molecule has 0 aliphatic rings. The third-order valence-corrected chi connectivity index (χ3v) is 3.26. The molecule has 1 N–H and O–H groups in total. The molecule has 0 aliphatic carbocycles. The van der Waals surface area contributed by atoms with Crippen molar-refractivity contribution in [1.29, 1.82) is 0 Å². The third-order valence-electron chi connectivity index (χ3n) is 2.06. The molecule has 0 unspecified atom stereocenters. The highest BCUT2D eigenvalue weighted by atomic mass is 35.5. The van der Waals surface area contributed by atoms with E-state index in [1.807, 2.05) is 13.1 Å². The van der Waals surface area contributed by atoms with E-state index < -0.39 is 5.82 Å². The Morgan fingerprint density at radius 1 is 1.50 bits per heavy atom. The topological polar surface area (TPSA) is 24.9 Å². The van der Waals surface area contributed by atoms with Crippen molar-refractivity contribution in [3.63, 3.8) is 0 Å².